The molecule has 39 heavy (non-hydrogen) atoms. The van der Waals surface area contributed by atoms with Crippen LogP contribution in [0, 0.1) is 0 Å². The zero-order chi connectivity index (χ0) is 29.5. The van der Waals surface area contributed by atoms with Gasteiger partial charge in [-0.15, -0.1) is 0 Å². The van der Waals surface area contributed by atoms with E-state index in [0.29, 0.717) is 32.4 Å². The van der Waals surface area contributed by atoms with Crippen molar-refractivity contribution >= 4 is 38.1 Å². The fraction of sp³-hybridized carbons (Fsp3) is 0.792. The number of sulfonamides is 1. The first-order chi connectivity index (χ1) is 17.9. The van der Waals surface area contributed by atoms with Gasteiger partial charge in [0.15, 0.2) is 0 Å². The molecular weight excluding hydrogens is 570 g/mol. The molecule has 1 aliphatic heterocycles. The maximum Gasteiger partial charge on any atom is 0.332 e. The first kappa shape index (κ1) is 34.2. The number of rotatable bonds is 17. The van der Waals surface area contributed by atoms with E-state index < -0.39 is 37.3 Å². The summed E-state index contributed by atoms with van der Waals surface area (Å²) in [5, 5.41) is 8.73. The van der Waals surface area contributed by atoms with E-state index in [0.717, 1.165) is 17.0 Å². The van der Waals surface area contributed by atoms with Gasteiger partial charge in [-0.05, 0) is 77.1 Å². The highest BCUT2D eigenvalue weighted by Gasteiger charge is 2.33. The van der Waals surface area contributed by atoms with E-state index in [2.05, 4.69) is 9.62 Å². The molecule has 2 rings (SSSR count). The quantitative estimate of drug-likeness (QED) is 0.0943. The number of nitrogens with zero attached hydrogens (tertiary/aromatic N) is 1. The Morgan fingerprint density at radius 2 is 1.82 bits per heavy atom. The van der Waals surface area contributed by atoms with Gasteiger partial charge in [0.25, 0.3) is 10.1 Å². The highest BCUT2D eigenvalue weighted by Crippen LogP contribution is 2.42. The number of carbonyl (C=O) groups is 1. The van der Waals surface area contributed by atoms with Gasteiger partial charge < -0.3 is 19.5 Å². The van der Waals surface area contributed by atoms with Crippen LogP contribution < -0.4 is 10.5 Å². The number of hydrogen-bond donors (Lipinski definition) is 3. The molecule has 0 bridgehead atoms. The topological polar surface area (TPSA) is 175 Å². The number of carbonyl (C=O) groups excluding carboxylic acids is 1. The molecule has 0 radical (unpaired) electrons. The van der Waals surface area contributed by atoms with Crippen LogP contribution in [0.25, 0.3) is 0 Å². The van der Waals surface area contributed by atoms with Gasteiger partial charge in [0, 0.05) is 30.5 Å². The Labute approximate surface area is 237 Å². The summed E-state index contributed by atoms with van der Waals surface area (Å²) >= 11 is 1.52. The molecule has 0 spiro atoms. The molecule has 0 unspecified atom stereocenters. The van der Waals surface area contributed by atoms with Crippen molar-refractivity contribution in [3.05, 3.63) is 21.5 Å². The van der Waals surface area contributed by atoms with Crippen molar-refractivity contribution in [3.8, 4) is 0 Å². The number of ether oxygens (including phenoxy) is 3. The SMILES string of the molecule is CCN[C@H]1CN(CCCOC(=O)COC(C)(C)CCOC(C)(C)CCS(=O)(=O)O)SC2=C1C=C(S(N)(=O)=O)C2. The molecule has 0 fully saturated rings. The molecule has 12 nitrogen and oxygen atoms in total. The Bertz CT molecular complexity index is 1130. The summed E-state index contributed by atoms with van der Waals surface area (Å²) < 4.78 is 73.4. The van der Waals surface area contributed by atoms with Crippen molar-refractivity contribution < 1.29 is 40.4 Å². The molecule has 1 heterocycles. The van der Waals surface area contributed by atoms with Gasteiger partial charge in [-0.25, -0.2) is 22.7 Å². The Hall–Kier alpha value is -1.04. The number of likely N-dealkylation sites (N-methyl/N-ethyl adjacent to an activating group) is 1. The lowest BCUT2D eigenvalue weighted by molar-refractivity contribution is -0.156. The lowest BCUT2D eigenvalue weighted by atomic mass is 10.0. The van der Waals surface area contributed by atoms with Gasteiger partial charge in [0.05, 0.1) is 35.1 Å². The monoisotopic (exact) mass is 613 g/mol. The first-order valence-corrected chi connectivity index (χ1v) is 16.8. The third kappa shape index (κ3) is 12.6. The molecule has 2 aliphatic rings. The van der Waals surface area contributed by atoms with Crippen molar-refractivity contribution in [1.82, 2.24) is 9.62 Å². The van der Waals surface area contributed by atoms with E-state index in [1.54, 1.807) is 19.9 Å². The maximum atomic E-state index is 12.2. The summed E-state index contributed by atoms with van der Waals surface area (Å²) in [5.74, 6) is -0.856. The van der Waals surface area contributed by atoms with Crippen LogP contribution in [0.2, 0.25) is 0 Å². The molecule has 4 N–H and O–H groups in total. The average Bonchev–Trinajstić information content (AvgIpc) is 3.24. The van der Waals surface area contributed by atoms with Crippen LogP contribution in [0.1, 0.15) is 60.3 Å². The molecule has 226 valence electrons. The van der Waals surface area contributed by atoms with Crippen molar-refractivity contribution in [1.29, 1.82) is 0 Å². The molecule has 15 heteroatoms. The minimum absolute atomic E-state index is 0.000882. The van der Waals surface area contributed by atoms with Crippen LogP contribution in [0.4, 0.5) is 0 Å². The summed E-state index contributed by atoms with van der Waals surface area (Å²) in [4.78, 5) is 13.4. The van der Waals surface area contributed by atoms with E-state index in [-0.39, 0.29) is 42.9 Å². The predicted molar refractivity (Wildman–Crippen MR) is 151 cm³/mol. The number of nitrogens with one attached hydrogen (secondary N) is 1. The first-order valence-electron chi connectivity index (χ1n) is 12.9. The van der Waals surface area contributed by atoms with Gasteiger partial charge in [-0.1, -0.05) is 6.92 Å². The number of primary sulfonamides is 1. The smallest absolute Gasteiger partial charge is 0.332 e. The van der Waals surface area contributed by atoms with Crippen LogP contribution in [-0.2, 0) is 39.1 Å². The van der Waals surface area contributed by atoms with Gasteiger partial charge in [0.2, 0.25) is 10.0 Å². The standard InChI is InChI=1S/C24H43N3O9S3/c1-6-26-20-16-27(37-21-15-18(14-19(20)21)39(25,32)33)10-7-11-34-22(28)17-36-23(2,3)8-12-35-24(4,5)9-13-38(29,30)31/h14,20,26H,6-13,15-17H2,1-5H3,(H2,25,32,33)(H,29,30,31)/t20-/m0/s1. The van der Waals surface area contributed by atoms with Gasteiger partial charge >= 0.3 is 5.97 Å². The predicted octanol–water partition coefficient (Wildman–Crippen LogP) is 1.95. The number of esters is 1. The summed E-state index contributed by atoms with van der Waals surface area (Å²) in [6.07, 6.45) is 3.20. The Balaban J connectivity index is 1.68. The van der Waals surface area contributed by atoms with Gasteiger partial charge in [-0.3, -0.25) is 4.55 Å². The van der Waals surface area contributed by atoms with E-state index in [1.165, 1.54) is 11.9 Å². The van der Waals surface area contributed by atoms with Crippen LogP contribution in [0.3, 0.4) is 0 Å². The minimum atomic E-state index is -4.05. The van der Waals surface area contributed by atoms with Crippen molar-refractivity contribution in [2.24, 2.45) is 5.14 Å². The largest absolute Gasteiger partial charge is 0.464 e. The number of nitrogens with two attached hydrogens (primary N) is 1. The zero-order valence-electron chi connectivity index (χ0n) is 23.4. The Morgan fingerprint density at radius 3 is 2.44 bits per heavy atom. The molecule has 0 amide bonds. The molecule has 0 saturated carbocycles. The van der Waals surface area contributed by atoms with E-state index in [1.807, 2.05) is 20.8 Å². The van der Waals surface area contributed by atoms with Gasteiger partial charge in [0.1, 0.15) is 6.61 Å². The van der Waals surface area contributed by atoms with E-state index in [4.69, 9.17) is 23.9 Å². The maximum absolute atomic E-state index is 12.2. The van der Waals surface area contributed by atoms with Crippen LogP contribution in [0.15, 0.2) is 21.5 Å². The Kier molecular flexibility index (Phi) is 12.5. The Morgan fingerprint density at radius 1 is 1.15 bits per heavy atom. The summed E-state index contributed by atoms with van der Waals surface area (Å²) in [7, 11) is -7.78. The molecule has 0 aromatic heterocycles. The second-order valence-corrected chi connectivity index (χ2v) is 15.2. The third-order valence-corrected chi connectivity index (χ3v) is 9.25. The molecule has 1 atom stereocenters. The average molecular weight is 614 g/mol. The second kappa shape index (κ2) is 14.2. The van der Waals surface area contributed by atoms with Crippen molar-refractivity contribution in [3.63, 3.8) is 0 Å². The number of hydrogen-bond acceptors (Lipinski definition) is 11. The molecular formula is C24H43N3O9S3. The second-order valence-electron chi connectivity index (χ2n) is 10.8. The van der Waals surface area contributed by atoms with Crippen molar-refractivity contribution in [2.75, 3.05) is 45.2 Å². The molecule has 0 aromatic carbocycles. The fourth-order valence-corrected chi connectivity index (χ4v) is 6.76. The summed E-state index contributed by atoms with van der Waals surface area (Å²) in [6, 6.07) is 0.000882. The fourth-order valence-electron chi connectivity index (χ4n) is 4.00. The van der Waals surface area contributed by atoms with E-state index >= 15 is 0 Å². The third-order valence-electron chi connectivity index (χ3n) is 6.34. The minimum Gasteiger partial charge on any atom is -0.464 e. The molecule has 0 saturated heterocycles. The summed E-state index contributed by atoms with van der Waals surface area (Å²) in [6.45, 7) is 11.5. The van der Waals surface area contributed by atoms with E-state index in [9.17, 15) is 21.6 Å². The van der Waals surface area contributed by atoms with Crippen molar-refractivity contribution in [2.45, 2.75) is 77.5 Å². The lowest BCUT2D eigenvalue weighted by Crippen LogP contribution is -2.42. The normalized spacial score (nSPS) is 19.3. The zero-order valence-corrected chi connectivity index (χ0v) is 25.8. The van der Waals surface area contributed by atoms with Crippen LogP contribution in [0.5, 0.6) is 0 Å². The lowest BCUT2D eigenvalue weighted by Gasteiger charge is -2.33. The summed E-state index contributed by atoms with van der Waals surface area (Å²) in [5.41, 5.74) is -0.429. The number of allylic oxidation sites excluding steroid dienone is 2. The molecule has 1 aliphatic carbocycles. The highest BCUT2D eigenvalue weighted by molar-refractivity contribution is 8.01. The van der Waals surface area contributed by atoms with Crippen LogP contribution >= 0.6 is 11.9 Å². The van der Waals surface area contributed by atoms with Crippen LogP contribution in [-0.4, -0.2) is 94.1 Å². The van der Waals surface area contributed by atoms with Gasteiger partial charge in [-0.2, -0.15) is 8.42 Å². The highest BCUT2D eigenvalue weighted by atomic mass is 32.2. The molecule has 0 aromatic rings.